The number of aryl methyl sites for hydroxylation is 1. The van der Waals surface area contributed by atoms with Gasteiger partial charge >= 0.3 is 0 Å². The minimum absolute atomic E-state index is 0.167. The van der Waals surface area contributed by atoms with E-state index in [4.69, 9.17) is 4.74 Å². The van der Waals surface area contributed by atoms with Gasteiger partial charge in [0.2, 0.25) is 5.88 Å². The molecule has 1 aromatic carbocycles. The van der Waals surface area contributed by atoms with Crippen molar-refractivity contribution in [3.8, 4) is 5.88 Å². The van der Waals surface area contributed by atoms with E-state index in [0.29, 0.717) is 28.5 Å². The second-order valence-corrected chi connectivity index (χ2v) is 8.22. The Morgan fingerprint density at radius 1 is 1.35 bits per heavy atom. The molecule has 2 aromatic heterocycles. The SMILES string of the molecule is Cn1cnnc1Sc1ccc(C(=O)NCc2ccc(OCC3CC3)nc2)cc1[N+](=O)[O-]. The Morgan fingerprint density at radius 3 is 2.84 bits per heavy atom. The molecule has 0 spiro atoms. The summed E-state index contributed by atoms with van der Waals surface area (Å²) in [6.45, 7) is 0.935. The van der Waals surface area contributed by atoms with Crippen LogP contribution in [-0.4, -0.2) is 37.2 Å². The lowest BCUT2D eigenvalue weighted by Crippen LogP contribution is -2.23. The number of hydrogen-bond donors (Lipinski definition) is 1. The fourth-order valence-corrected chi connectivity index (χ4v) is 3.57. The molecule has 1 fully saturated rings. The summed E-state index contributed by atoms with van der Waals surface area (Å²) in [5, 5.41) is 22.5. The van der Waals surface area contributed by atoms with Crippen LogP contribution in [0.4, 0.5) is 5.69 Å². The van der Waals surface area contributed by atoms with Crippen molar-refractivity contribution in [3.05, 3.63) is 64.1 Å². The van der Waals surface area contributed by atoms with Crippen LogP contribution in [0.2, 0.25) is 0 Å². The molecule has 2 heterocycles. The number of benzene rings is 1. The fourth-order valence-electron chi connectivity index (χ4n) is 2.72. The Hall–Kier alpha value is -3.47. The normalized spacial score (nSPS) is 13.1. The summed E-state index contributed by atoms with van der Waals surface area (Å²) in [5.41, 5.74) is 0.835. The van der Waals surface area contributed by atoms with Crippen molar-refractivity contribution in [2.24, 2.45) is 13.0 Å². The Balaban J connectivity index is 1.39. The van der Waals surface area contributed by atoms with Gasteiger partial charge in [0, 0.05) is 37.5 Å². The van der Waals surface area contributed by atoms with Gasteiger partial charge in [-0.3, -0.25) is 14.9 Å². The van der Waals surface area contributed by atoms with Crippen molar-refractivity contribution in [1.82, 2.24) is 25.1 Å². The summed E-state index contributed by atoms with van der Waals surface area (Å²) < 4.78 is 7.26. The van der Waals surface area contributed by atoms with Crippen LogP contribution in [0.15, 0.2) is 52.9 Å². The van der Waals surface area contributed by atoms with Crippen molar-refractivity contribution in [1.29, 1.82) is 0 Å². The molecular formula is C20H20N6O4S. The average Bonchev–Trinajstić information content (AvgIpc) is 3.52. The number of nitro benzene ring substituents is 1. The smallest absolute Gasteiger partial charge is 0.284 e. The number of ether oxygens (including phenoxy) is 1. The first-order valence-corrected chi connectivity index (χ1v) is 10.5. The first kappa shape index (κ1) is 20.8. The number of nitrogens with one attached hydrogen (secondary N) is 1. The molecule has 31 heavy (non-hydrogen) atoms. The number of nitrogens with zero attached hydrogens (tertiary/aromatic N) is 5. The summed E-state index contributed by atoms with van der Waals surface area (Å²) in [6.07, 6.45) is 5.58. The molecule has 10 nitrogen and oxygen atoms in total. The molecule has 1 N–H and O–H groups in total. The van der Waals surface area contributed by atoms with Gasteiger partial charge in [-0.25, -0.2) is 4.98 Å². The van der Waals surface area contributed by atoms with E-state index in [1.54, 1.807) is 36.0 Å². The molecule has 0 radical (unpaired) electrons. The number of hydrogen-bond acceptors (Lipinski definition) is 8. The predicted octanol–water partition coefficient (Wildman–Crippen LogP) is 2.99. The van der Waals surface area contributed by atoms with Crippen LogP contribution in [0.3, 0.4) is 0 Å². The second-order valence-electron chi connectivity index (χ2n) is 7.21. The van der Waals surface area contributed by atoms with E-state index < -0.39 is 10.8 Å². The largest absolute Gasteiger partial charge is 0.477 e. The Morgan fingerprint density at radius 2 is 2.19 bits per heavy atom. The van der Waals surface area contributed by atoms with E-state index in [9.17, 15) is 14.9 Å². The van der Waals surface area contributed by atoms with Gasteiger partial charge in [-0.05, 0) is 48.2 Å². The van der Waals surface area contributed by atoms with Gasteiger partial charge < -0.3 is 14.6 Å². The molecule has 4 rings (SSSR count). The number of rotatable bonds is 9. The number of carbonyl (C=O) groups is 1. The summed E-state index contributed by atoms with van der Waals surface area (Å²) in [7, 11) is 1.75. The van der Waals surface area contributed by atoms with Gasteiger partial charge in [0.05, 0.1) is 16.4 Å². The molecule has 1 amide bonds. The number of carbonyl (C=O) groups excluding carboxylic acids is 1. The van der Waals surface area contributed by atoms with Crippen LogP contribution < -0.4 is 10.1 Å². The molecule has 0 unspecified atom stereocenters. The third-order valence-electron chi connectivity index (χ3n) is 4.70. The molecular weight excluding hydrogens is 420 g/mol. The zero-order chi connectivity index (χ0) is 21.8. The first-order valence-electron chi connectivity index (χ1n) is 9.66. The Bertz CT molecular complexity index is 1100. The molecule has 0 aliphatic heterocycles. The van der Waals surface area contributed by atoms with Gasteiger partial charge in [0.1, 0.15) is 6.33 Å². The molecule has 0 bridgehead atoms. The third kappa shape index (κ3) is 5.37. The van der Waals surface area contributed by atoms with Gasteiger partial charge in [0.25, 0.3) is 11.6 Å². The van der Waals surface area contributed by atoms with Gasteiger partial charge in [-0.15, -0.1) is 10.2 Å². The summed E-state index contributed by atoms with van der Waals surface area (Å²) in [6, 6.07) is 7.96. The fraction of sp³-hybridized carbons (Fsp3) is 0.300. The van der Waals surface area contributed by atoms with Gasteiger partial charge in [-0.2, -0.15) is 0 Å². The maximum atomic E-state index is 12.5. The average molecular weight is 440 g/mol. The molecule has 1 saturated carbocycles. The van der Waals surface area contributed by atoms with Crippen LogP contribution in [0, 0.1) is 16.0 Å². The van der Waals surface area contributed by atoms with E-state index in [-0.39, 0.29) is 17.8 Å². The van der Waals surface area contributed by atoms with Crippen LogP contribution in [0.25, 0.3) is 0 Å². The lowest BCUT2D eigenvalue weighted by Gasteiger charge is -2.08. The van der Waals surface area contributed by atoms with E-state index in [1.807, 2.05) is 6.07 Å². The highest BCUT2D eigenvalue weighted by molar-refractivity contribution is 7.99. The van der Waals surface area contributed by atoms with Crippen LogP contribution in [-0.2, 0) is 13.6 Å². The van der Waals surface area contributed by atoms with E-state index in [1.165, 1.54) is 25.2 Å². The molecule has 3 aromatic rings. The van der Waals surface area contributed by atoms with Crippen molar-refractivity contribution in [2.75, 3.05) is 6.61 Å². The van der Waals surface area contributed by atoms with E-state index in [0.717, 1.165) is 17.3 Å². The topological polar surface area (TPSA) is 125 Å². The van der Waals surface area contributed by atoms with Gasteiger partial charge in [-0.1, -0.05) is 6.07 Å². The second kappa shape index (κ2) is 9.13. The molecule has 1 aliphatic rings. The maximum Gasteiger partial charge on any atom is 0.284 e. The summed E-state index contributed by atoms with van der Waals surface area (Å²) >= 11 is 1.11. The van der Waals surface area contributed by atoms with Crippen molar-refractivity contribution < 1.29 is 14.5 Å². The lowest BCUT2D eigenvalue weighted by atomic mass is 10.2. The van der Waals surface area contributed by atoms with Crippen LogP contribution in [0.5, 0.6) is 5.88 Å². The van der Waals surface area contributed by atoms with Crippen molar-refractivity contribution in [3.63, 3.8) is 0 Å². The predicted molar refractivity (Wildman–Crippen MR) is 112 cm³/mol. The number of amides is 1. The van der Waals surface area contributed by atoms with Crippen molar-refractivity contribution in [2.45, 2.75) is 29.4 Å². The number of pyridine rings is 1. The maximum absolute atomic E-state index is 12.5. The zero-order valence-electron chi connectivity index (χ0n) is 16.7. The quantitative estimate of drug-likeness (QED) is 0.398. The van der Waals surface area contributed by atoms with E-state index >= 15 is 0 Å². The minimum atomic E-state index is -0.514. The highest BCUT2D eigenvalue weighted by Gasteiger charge is 2.22. The first-order chi connectivity index (χ1) is 15.0. The lowest BCUT2D eigenvalue weighted by molar-refractivity contribution is -0.387. The Kier molecular flexibility index (Phi) is 6.12. The monoisotopic (exact) mass is 440 g/mol. The molecule has 0 saturated heterocycles. The minimum Gasteiger partial charge on any atom is -0.477 e. The third-order valence-corrected chi connectivity index (χ3v) is 5.82. The van der Waals surface area contributed by atoms with Crippen molar-refractivity contribution >= 4 is 23.4 Å². The van der Waals surface area contributed by atoms with Gasteiger partial charge in [0.15, 0.2) is 5.16 Å². The Labute approximate surface area is 182 Å². The van der Waals surface area contributed by atoms with Crippen LogP contribution >= 0.6 is 11.8 Å². The molecule has 0 atom stereocenters. The van der Waals surface area contributed by atoms with E-state index in [2.05, 4.69) is 20.5 Å². The summed E-state index contributed by atoms with van der Waals surface area (Å²) in [5.74, 6) is 0.802. The highest BCUT2D eigenvalue weighted by atomic mass is 32.2. The standard InChI is InChI=1S/C20H20N6O4S/c1-25-12-23-24-20(25)31-17-6-5-15(8-16(17)26(28)29)19(27)22-10-14-4-7-18(21-9-14)30-11-13-2-3-13/h4-9,12-13H,2-3,10-11H2,1H3,(H,22,27). The number of aromatic nitrogens is 4. The van der Waals surface area contributed by atoms with Crippen LogP contribution in [0.1, 0.15) is 28.8 Å². The summed E-state index contributed by atoms with van der Waals surface area (Å²) in [4.78, 5) is 28.1. The zero-order valence-corrected chi connectivity index (χ0v) is 17.5. The number of nitro groups is 1. The molecule has 1 aliphatic carbocycles. The highest BCUT2D eigenvalue weighted by Crippen LogP contribution is 2.34. The molecule has 11 heteroatoms. The molecule has 160 valence electrons.